The topological polar surface area (TPSA) is 63.3 Å². The first-order chi connectivity index (χ1) is 4.72. The van der Waals surface area contributed by atoms with E-state index in [-0.39, 0.29) is 34.4 Å². The van der Waals surface area contributed by atoms with Crippen LogP contribution in [0.4, 0.5) is 0 Å². The molecule has 1 amide bonds. The summed E-state index contributed by atoms with van der Waals surface area (Å²) in [5.74, 6) is -0.687. The fraction of sp³-hybridized carbons (Fsp3) is 0. The predicted molar refractivity (Wildman–Crippen MR) is 42.4 cm³/mol. The molecule has 3 N–H and O–H groups in total. The van der Waals surface area contributed by atoms with Crippen molar-refractivity contribution in [3.05, 3.63) is 29.8 Å². The van der Waals surface area contributed by atoms with E-state index in [2.05, 4.69) is 0 Å². The summed E-state index contributed by atoms with van der Waals surface area (Å²) in [4.78, 5) is 10.5. The Morgan fingerprint density at radius 3 is 2.27 bits per heavy atom. The molecule has 0 bridgehead atoms. The van der Waals surface area contributed by atoms with Gasteiger partial charge in [-0.2, -0.15) is 0 Å². The van der Waals surface area contributed by atoms with E-state index < -0.39 is 5.91 Å². The van der Waals surface area contributed by atoms with Crippen molar-refractivity contribution in [2.75, 3.05) is 0 Å². The number of para-hydroxylation sites is 1. The van der Waals surface area contributed by atoms with Gasteiger partial charge in [0.25, 0.3) is 5.91 Å². The molecular weight excluding hydrogens is 154 g/mol. The number of carbonyl (C=O) groups excluding carboxylic acids is 1. The molecule has 0 aromatic heterocycles. The zero-order valence-electron chi connectivity index (χ0n) is 5.95. The van der Waals surface area contributed by atoms with Gasteiger partial charge in [-0.1, -0.05) is 12.1 Å². The second-order valence-electron chi connectivity index (χ2n) is 1.88. The maximum absolute atomic E-state index is 10.5. The molecule has 0 spiro atoms. The summed E-state index contributed by atoms with van der Waals surface area (Å²) >= 11 is 0. The number of benzene rings is 1. The molecular formula is C7H7MgNO2. The van der Waals surface area contributed by atoms with Crippen LogP contribution in [0.2, 0.25) is 0 Å². The molecule has 4 heteroatoms. The van der Waals surface area contributed by atoms with E-state index in [1.807, 2.05) is 0 Å². The number of hydrogen-bond donors (Lipinski definition) is 2. The van der Waals surface area contributed by atoms with Crippen molar-refractivity contribution in [3.8, 4) is 5.75 Å². The lowest BCUT2D eigenvalue weighted by atomic mass is 10.2. The highest BCUT2D eigenvalue weighted by atomic mass is 24.3. The SMILES string of the molecule is NC(=O)c1ccccc1O.[Mg]. The summed E-state index contributed by atoms with van der Waals surface area (Å²) in [7, 11) is 0. The standard InChI is InChI=1S/C7H7NO2.Mg/c8-7(10)5-3-1-2-4-6(5)9;/h1-4,9H,(H2,8,10);. The van der Waals surface area contributed by atoms with Crippen LogP contribution < -0.4 is 5.73 Å². The van der Waals surface area contributed by atoms with Crippen LogP contribution in [0.5, 0.6) is 5.75 Å². The molecule has 0 saturated heterocycles. The van der Waals surface area contributed by atoms with E-state index in [4.69, 9.17) is 10.8 Å². The van der Waals surface area contributed by atoms with E-state index in [1.165, 1.54) is 12.1 Å². The highest BCUT2D eigenvalue weighted by molar-refractivity contribution is 5.95. The lowest BCUT2D eigenvalue weighted by Gasteiger charge is -1.96. The van der Waals surface area contributed by atoms with Gasteiger partial charge in [0.15, 0.2) is 0 Å². The number of nitrogens with two attached hydrogens (primary N) is 1. The monoisotopic (exact) mass is 161 g/mol. The summed E-state index contributed by atoms with van der Waals surface area (Å²) in [6, 6.07) is 6.15. The van der Waals surface area contributed by atoms with Crippen molar-refractivity contribution in [1.29, 1.82) is 0 Å². The first kappa shape index (κ1) is 10.3. The summed E-state index contributed by atoms with van der Waals surface area (Å²) < 4.78 is 0. The summed E-state index contributed by atoms with van der Waals surface area (Å²) in [5, 5.41) is 8.98. The van der Waals surface area contributed by atoms with E-state index in [0.29, 0.717) is 0 Å². The Bertz CT molecular complexity index is 262. The molecule has 11 heavy (non-hydrogen) atoms. The first-order valence-electron chi connectivity index (χ1n) is 2.79. The maximum Gasteiger partial charge on any atom is 0.252 e. The molecule has 3 nitrogen and oxygen atoms in total. The van der Waals surface area contributed by atoms with E-state index in [9.17, 15) is 4.79 Å². The fourth-order valence-corrected chi connectivity index (χ4v) is 0.682. The smallest absolute Gasteiger partial charge is 0.252 e. The van der Waals surface area contributed by atoms with Crippen LogP contribution in [-0.4, -0.2) is 34.1 Å². The molecule has 0 atom stereocenters. The van der Waals surface area contributed by atoms with Gasteiger partial charge in [0.2, 0.25) is 0 Å². The molecule has 1 rings (SSSR count). The van der Waals surface area contributed by atoms with Gasteiger partial charge in [-0.15, -0.1) is 0 Å². The van der Waals surface area contributed by atoms with Crippen molar-refractivity contribution in [2.45, 2.75) is 0 Å². The number of aromatic hydroxyl groups is 1. The number of primary amides is 1. The maximum atomic E-state index is 10.5. The highest BCUT2D eigenvalue weighted by Crippen LogP contribution is 2.13. The van der Waals surface area contributed by atoms with Crippen LogP contribution in [-0.2, 0) is 0 Å². The van der Waals surface area contributed by atoms with Gasteiger partial charge in [-0.05, 0) is 12.1 Å². The third kappa shape index (κ3) is 2.40. The summed E-state index contributed by atoms with van der Waals surface area (Å²) in [5.41, 5.74) is 5.07. The first-order valence-corrected chi connectivity index (χ1v) is 2.79. The molecule has 2 radical (unpaired) electrons. The minimum absolute atomic E-state index is 0. The van der Waals surface area contributed by atoms with Gasteiger partial charge in [-0.25, -0.2) is 0 Å². The van der Waals surface area contributed by atoms with Crippen LogP contribution in [0.3, 0.4) is 0 Å². The average molecular weight is 161 g/mol. The van der Waals surface area contributed by atoms with Gasteiger partial charge >= 0.3 is 0 Å². The van der Waals surface area contributed by atoms with Gasteiger partial charge in [0.1, 0.15) is 5.75 Å². The van der Waals surface area contributed by atoms with Crippen LogP contribution in [0.25, 0.3) is 0 Å². The third-order valence-corrected chi connectivity index (χ3v) is 1.17. The molecule has 0 unspecified atom stereocenters. The zero-order chi connectivity index (χ0) is 7.56. The van der Waals surface area contributed by atoms with E-state index in [0.717, 1.165) is 0 Å². The lowest BCUT2D eigenvalue weighted by molar-refractivity contribution is 0.0998. The Labute approximate surface area is 80.4 Å². The zero-order valence-corrected chi connectivity index (χ0v) is 7.36. The minimum atomic E-state index is -0.613. The Hall–Kier alpha value is -0.744. The molecule has 0 aliphatic rings. The van der Waals surface area contributed by atoms with E-state index >= 15 is 0 Å². The van der Waals surface area contributed by atoms with E-state index in [1.54, 1.807) is 12.1 Å². The average Bonchev–Trinajstić information content (AvgIpc) is 1.88. The molecule has 0 aliphatic carbocycles. The van der Waals surface area contributed by atoms with Crippen LogP contribution in [0.1, 0.15) is 10.4 Å². The Kier molecular flexibility index (Phi) is 3.92. The number of carbonyl (C=O) groups is 1. The van der Waals surface area contributed by atoms with Gasteiger partial charge in [-0.3, -0.25) is 4.79 Å². The van der Waals surface area contributed by atoms with Crippen molar-refractivity contribution in [2.24, 2.45) is 5.73 Å². The second kappa shape index (κ2) is 4.20. The van der Waals surface area contributed by atoms with Gasteiger partial charge in [0, 0.05) is 23.1 Å². The van der Waals surface area contributed by atoms with Crippen LogP contribution in [0, 0.1) is 0 Å². The second-order valence-corrected chi connectivity index (χ2v) is 1.88. The summed E-state index contributed by atoms with van der Waals surface area (Å²) in [6.07, 6.45) is 0. The van der Waals surface area contributed by atoms with Gasteiger partial charge < -0.3 is 10.8 Å². The number of hydrogen-bond acceptors (Lipinski definition) is 2. The number of phenols is 1. The Morgan fingerprint density at radius 1 is 1.36 bits per heavy atom. The van der Waals surface area contributed by atoms with Crippen LogP contribution >= 0.6 is 0 Å². The molecule has 0 saturated carbocycles. The van der Waals surface area contributed by atoms with Crippen molar-refractivity contribution < 1.29 is 9.90 Å². The van der Waals surface area contributed by atoms with Gasteiger partial charge in [0.05, 0.1) is 5.56 Å². The molecule has 0 fully saturated rings. The van der Waals surface area contributed by atoms with Crippen molar-refractivity contribution in [1.82, 2.24) is 0 Å². The quantitative estimate of drug-likeness (QED) is 0.574. The largest absolute Gasteiger partial charge is 0.507 e. The van der Waals surface area contributed by atoms with Crippen LogP contribution in [0.15, 0.2) is 24.3 Å². The minimum Gasteiger partial charge on any atom is -0.507 e. The lowest BCUT2D eigenvalue weighted by Crippen LogP contribution is -2.10. The predicted octanol–water partition coefficient (Wildman–Crippen LogP) is 0.110. The molecule has 1 aromatic carbocycles. The Balaban J connectivity index is 0.000001000. The summed E-state index contributed by atoms with van der Waals surface area (Å²) in [6.45, 7) is 0. The molecule has 1 aromatic rings. The number of rotatable bonds is 1. The molecule has 54 valence electrons. The molecule has 0 heterocycles. The van der Waals surface area contributed by atoms with Crippen molar-refractivity contribution in [3.63, 3.8) is 0 Å². The number of amides is 1. The highest BCUT2D eigenvalue weighted by Gasteiger charge is 2.03. The third-order valence-electron chi connectivity index (χ3n) is 1.17. The Morgan fingerprint density at radius 2 is 1.91 bits per heavy atom. The fourth-order valence-electron chi connectivity index (χ4n) is 0.682. The molecule has 0 aliphatic heterocycles. The normalized spacial score (nSPS) is 8.36. The van der Waals surface area contributed by atoms with Crippen molar-refractivity contribution >= 4 is 29.0 Å².